The van der Waals surface area contributed by atoms with Crippen LogP contribution in [0.15, 0.2) is 23.3 Å². The quantitative estimate of drug-likeness (QED) is 0.577. The maximum absolute atomic E-state index is 14.7. The molecule has 3 N–H and O–H groups in total. The predicted octanol–water partition coefficient (Wildman–Crippen LogP) is 0.302. The number of cyclic esters (lactones) is 1. The Morgan fingerprint density at radius 2 is 2.29 bits per heavy atom. The van der Waals surface area contributed by atoms with E-state index < -0.39 is 11.9 Å². The van der Waals surface area contributed by atoms with Gasteiger partial charge in [0.15, 0.2) is 5.11 Å². The molecule has 1 saturated heterocycles. The summed E-state index contributed by atoms with van der Waals surface area (Å²) in [5.41, 5.74) is 0.815. The van der Waals surface area contributed by atoms with Crippen molar-refractivity contribution in [3.63, 3.8) is 0 Å². The first-order valence-electron chi connectivity index (χ1n) is 8.92. The normalized spacial score (nSPS) is 19.2. The Morgan fingerprint density at radius 1 is 1.46 bits per heavy atom. The summed E-state index contributed by atoms with van der Waals surface area (Å²) in [5.74, 6) is -0.455. The summed E-state index contributed by atoms with van der Waals surface area (Å²) >= 11 is 5.18. The molecule has 0 saturated carbocycles. The van der Waals surface area contributed by atoms with E-state index in [0.717, 1.165) is 0 Å². The lowest BCUT2D eigenvalue weighted by molar-refractivity contribution is 0.141. The van der Waals surface area contributed by atoms with Crippen LogP contribution >= 0.6 is 12.2 Å². The van der Waals surface area contributed by atoms with Crippen LogP contribution in [-0.2, 0) is 4.74 Å². The number of aliphatic hydroxyl groups is 1. The maximum atomic E-state index is 14.7. The zero-order valence-corrected chi connectivity index (χ0v) is 16.3. The number of carbonyl (C=O) groups is 1. The van der Waals surface area contributed by atoms with Crippen LogP contribution in [0.4, 0.5) is 20.6 Å². The molecule has 28 heavy (non-hydrogen) atoms. The molecule has 1 amide bonds. The summed E-state index contributed by atoms with van der Waals surface area (Å²) in [6, 6.07) is 4.63. The van der Waals surface area contributed by atoms with Crippen molar-refractivity contribution in [1.82, 2.24) is 15.6 Å². The molecular formula is C17H23FN6O3S. The van der Waals surface area contributed by atoms with E-state index in [2.05, 4.69) is 15.7 Å². The van der Waals surface area contributed by atoms with Gasteiger partial charge in [-0.1, -0.05) is 0 Å². The SMILES string of the molecule is CNCC1CN(c2ccc(N3C=NN(C(=S)NCCO)CC3)c(F)c2)C(=O)O1. The van der Waals surface area contributed by atoms with E-state index in [-0.39, 0.29) is 12.7 Å². The average Bonchev–Trinajstić information content (AvgIpc) is 3.06. The van der Waals surface area contributed by atoms with Gasteiger partial charge in [0.25, 0.3) is 0 Å². The molecule has 0 aromatic heterocycles. The molecule has 3 rings (SSSR count). The predicted molar refractivity (Wildman–Crippen MR) is 108 cm³/mol. The summed E-state index contributed by atoms with van der Waals surface area (Å²) in [4.78, 5) is 15.1. The second-order valence-corrected chi connectivity index (χ2v) is 6.70. The highest BCUT2D eigenvalue weighted by Crippen LogP contribution is 2.28. The third kappa shape index (κ3) is 4.49. The van der Waals surface area contributed by atoms with Crippen LogP contribution < -0.4 is 20.4 Å². The number of hydrogen-bond donors (Lipinski definition) is 3. The minimum absolute atomic E-state index is 0.0261. The van der Waals surface area contributed by atoms with Gasteiger partial charge in [0.2, 0.25) is 0 Å². The molecule has 2 aliphatic heterocycles. The summed E-state index contributed by atoms with van der Waals surface area (Å²) in [5, 5.41) is 20.9. The van der Waals surface area contributed by atoms with E-state index >= 15 is 0 Å². The zero-order valence-electron chi connectivity index (χ0n) is 15.5. The number of amides is 1. The van der Waals surface area contributed by atoms with E-state index in [0.29, 0.717) is 49.2 Å². The molecule has 2 aliphatic rings. The van der Waals surface area contributed by atoms with Crippen LogP contribution in [-0.4, -0.2) is 80.1 Å². The number of aliphatic hydroxyl groups excluding tert-OH is 1. The lowest BCUT2D eigenvalue weighted by Gasteiger charge is -2.30. The van der Waals surface area contributed by atoms with Gasteiger partial charge in [-0.3, -0.25) is 4.90 Å². The standard InChI is InChI=1S/C17H23FN6O3S/c1-19-9-13-10-23(17(26)27-13)12-2-3-15(14(18)8-12)22-5-6-24(21-11-22)16(28)20-4-7-25/h2-3,8,11,13,19,25H,4-7,9-10H2,1H3,(H,20,28). The molecule has 1 atom stereocenters. The van der Waals surface area contributed by atoms with Crippen molar-refractivity contribution in [2.45, 2.75) is 6.10 Å². The van der Waals surface area contributed by atoms with Gasteiger partial charge in [0, 0.05) is 19.6 Å². The molecule has 0 aliphatic carbocycles. The highest BCUT2D eigenvalue weighted by molar-refractivity contribution is 7.80. The van der Waals surface area contributed by atoms with Crippen LogP contribution in [0.1, 0.15) is 0 Å². The highest BCUT2D eigenvalue weighted by atomic mass is 32.1. The van der Waals surface area contributed by atoms with Crippen LogP contribution in [0.2, 0.25) is 0 Å². The van der Waals surface area contributed by atoms with Crippen molar-refractivity contribution in [1.29, 1.82) is 0 Å². The third-order valence-electron chi connectivity index (χ3n) is 4.36. The second-order valence-electron chi connectivity index (χ2n) is 6.31. The van der Waals surface area contributed by atoms with Gasteiger partial charge in [-0.25, -0.2) is 14.2 Å². The molecule has 1 aromatic rings. The highest BCUT2D eigenvalue weighted by Gasteiger charge is 2.32. The third-order valence-corrected chi connectivity index (χ3v) is 4.72. The van der Waals surface area contributed by atoms with E-state index in [1.165, 1.54) is 17.3 Å². The van der Waals surface area contributed by atoms with Gasteiger partial charge in [0.1, 0.15) is 18.3 Å². The molecule has 0 bridgehead atoms. The number of hydrazone groups is 1. The summed E-state index contributed by atoms with van der Waals surface area (Å²) < 4.78 is 20.0. The largest absolute Gasteiger partial charge is 0.443 e. The van der Waals surface area contributed by atoms with Crippen molar-refractivity contribution < 1.29 is 19.0 Å². The summed E-state index contributed by atoms with van der Waals surface area (Å²) in [6.45, 7) is 2.19. The van der Waals surface area contributed by atoms with E-state index in [1.807, 2.05) is 0 Å². The smallest absolute Gasteiger partial charge is 0.414 e. The minimum atomic E-state index is -0.480. The first-order valence-corrected chi connectivity index (χ1v) is 9.33. The Hall–Kier alpha value is -2.50. The number of rotatable bonds is 6. The van der Waals surface area contributed by atoms with Gasteiger partial charge in [-0.15, -0.1) is 0 Å². The van der Waals surface area contributed by atoms with Crippen molar-refractivity contribution >= 4 is 41.1 Å². The fourth-order valence-electron chi connectivity index (χ4n) is 3.00. The molecule has 2 heterocycles. The number of thiocarbonyl (C=S) groups is 1. The number of nitrogens with zero attached hydrogens (tertiary/aromatic N) is 4. The molecule has 152 valence electrons. The Labute approximate surface area is 167 Å². The number of halogens is 1. The fourth-order valence-corrected chi connectivity index (χ4v) is 3.24. The van der Waals surface area contributed by atoms with E-state index in [1.54, 1.807) is 29.1 Å². The number of likely N-dealkylation sites (N-methyl/N-ethyl adjacent to an activating group) is 1. The summed E-state index contributed by atoms with van der Waals surface area (Å²) in [7, 11) is 1.78. The van der Waals surface area contributed by atoms with Crippen molar-refractivity contribution in [2.75, 3.05) is 56.2 Å². The van der Waals surface area contributed by atoms with Crippen LogP contribution in [0.5, 0.6) is 0 Å². The van der Waals surface area contributed by atoms with Crippen LogP contribution in [0, 0.1) is 5.82 Å². The molecule has 1 unspecified atom stereocenters. The zero-order chi connectivity index (χ0) is 20.1. The Kier molecular flexibility index (Phi) is 6.60. The summed E-state index contributed by atoms with van der Waals surface area (Å²) in [6.07, 6.45) is 0.761. The Balaban J connectivity index is 1.67. The number of benzene rings is 1. The van der Waals surface area contributed by atoms with E-state index in [4.69, 9.17) is 22.1 Å². The lowest BCUT2D eigenvalue weighted by Crippen LogP contribution is -2.45. The first kappa shape index (κ1) is 20.2. The van der Waals surface area contributed by atoms with Crippen molar-refractivity contribution in [3.8, 4) is 0 Å². The van der Waals surface area contributed by atoms with Gasteiger partial charge in [-0.2, -0.15) is 5.10 Å². The van der Waals surface area contributed by atoms with Crippen molar-refractivity contribution in [3.05, 3.63) is 24.0 Å². The molecule has 1 aromatic carbocycles. The topological polar surface area (TPSA) is 92.7 Å². The van der Waals surface area contributed by atoms with Gasteiger partial charge < -0.3 is 25.4 Å². The van der Waals surface area contributed by atoms with Crippen molar-refractivity contribution in [2.24, 2.45) is 5.10 Å². The minimum Gasteiger partial charge on any atom is -0.443 e. The number of nitrogens with one attached hydrogen (secondary N) is 2. The van der Waals surface area contributed by atoms with Gasteiger partial charge in [0.05, 0.1) is 31.1 Å². The van der Waals surface area contributed by atoms with Gasteiger partial charge >= 0.3 is 6.09 Å². The Bertz CT molecular complexity index is 764. The molecule has 0 radical (unpaired) electrons. The Morgan fingerprint density at radius 3 is 2.93 bits per heavy atom. The number of anilines is 2. The van der Waals surface area contributed by atoms with Crippen LogP contribution in [0.3, 0.4) is 0 Å². The first-order chi connectivity index (χ1) is 13.5. The number of ether oxygens (including phenoxy) is 1. The molecule has 1 fully saturated rings. The monoisotopic (exact) mass is 410 g/mol. The second kappa shape index (κ2) is 9.13. The molecular weight excluding hydrogens is 387 g/mol. The molecule has 0 spiro atoms. The number of carbonyl (C=O) groups excluding carboxylic acids is 1. The average molecular weight is 410 g/mol. The van der Waals surface area contributed by atoms with Gasteiger partial charge in [-0.05, 0) is 37.5 Å². The maximum Gasteiger partial charge on any atom is 0.414 e. The molecule has 9 nitrogen and oxygen atoms in total. The van der Waals surface area contributed by atoms with Crippen LogP contribution in [0.25, 0.3) is 0 Å². The molecule has 11 heteroatoms. The lowest BCUT2D eigenvalue weighted by atomic mass is 10.2. The number of hydrogen-bond acceptors (Lipinski definition) is 7. The fraction of sp³-hybridized carbons (Fsp3) is 0.471. The van der Waals surface area contributed by atoms with E-state index in [9.17, 15) is 9.18 Å².